The van der Waals surface area contributed by atoms with Crippen LogP contribution in [0.3, 0.4) is 0 Å². The third-order valence-corrected chi connectivity index (χ3v) is 8.33. The normalized spacial score (nSPS) is 17.1. The highest BCUT2D eigenvalue weighted by atomic mass is 32.2. The van der Waals surface area contributed by atoms with Crippen LogP contribution in [0.25, 0.3) is 0 Å². The molecule has 7 heteroatoms. The molecule has 0 bridgehead atoms. The number of fused-ring (bicyclic) bond motifs is 1. The number of rotatable bonds is 4. The molecule has 2 aromatic carbocycles. The van der Waals surface area contributed by atoms with E-state index in [-0.39, 0.29) is 10.8 Å². The molecule has 0 aromatic heterocycles. The van der Waals surface area contributed by atoms with Gasteiger partial charge in [-0.15, -0.1) is 11.8 Å². The predicted molar refractivity (Wildman–Crippen MR) is 117 cm³/mol. The van der Waals surface area contributed by atoms with Crippen molar-refractivity contribution in [2.24, 2.45) is 0 Å². The number of hydrogen-bond acceptors (Lipinski definition) is 4. The van der Waals surface area contributed by atoms with Gasteiger partial charge in [0.2, 0.25) is 0 Å². The van der Waals surface area contributed by atoms with Gasteiger partial charge in [-0.3, -0.25) is 9.10 Å². The lowest BCUT2D eigenvalue weighted by molar-refractivity contribution is 0.0758. The Kier molecular flexibility index (Phi) is 5.88. The first-order chi connectivity index (χ1) is 14.0. The van der Waals surface area contributed by atoms with Crippen LogP contribution in [0.15, 0.2) is 52.3 Å². The number of sulfonamides is 1. The minimum Gasteiger partial charge on any atom is -0.339 e. The van der Waals surface area contributed by atoms with Gasteiger partial charge in [-0.25, -0.2) is 8.42 Å². The first kappa shape index (κ1) is 20.3. The van der Waals surface area contributed by atoms with Gasteiger partial charge in [-0.2, -0.15) is 0 Å². The number of nitrogens with zero attached hydrogens (tertiary/aromatic N) is 2. The highest BCUT2D eigenvalue weighted by molar-refractivity contribution is 7.98. The van der Waals surface area contributed by atoms with E-state index >= 15 is 0 Å². The first-order valence-electron chi connectivity index (χ1n) is 10.1. The summed E-state index contributed by atoms with van der Waals surface area (Å²) in [7, 11) is -3.72. The minimum absolute atomic E-state index is 0.0601. The second-order valence-electron chi connectivity index (χ2n) is 7.52. The van der Waals surface area contributed by atoms with Crippen LogP contribution in [0.4, 0.5) is 5.69 Å². The molecule has 0 radical (unpaired) electrons. The number of thioether (sulfide) groups is 1. The molecule has 2 aliphatic heterocycles. The Bertz CT molecular complexity index is 1010. The molecule has 1 amide bonds. The highest BCUT2D eigenvalue weighted by Gasteiger charge is 2.32. The molecule has 0 unspecified atom stereocenters. The van der Waals surface area contributed by atoms with Crippen LogP contribution < -0.4 is 4.31 Å². The Labute approximate surface area is 177 Å². The summed E-state index contributed by atoms with van der Waals surface area (Å²) in [5.41, 5.74) is 2.27. The quantitative estimate of drug-likeness (QED) is 0.683. The van der Waals surface area contributed by atoms with Crippen molar-refractivity contribution in [1.82, 2.24) is 4.90 Å². The molecule has 2 heterocycles. The molecule has 1 saturated heterocycles. The lowest BCUT2D eigenvalue weighted by Crippen LogP contribution is -2.33. The monoisotopic (exact) mass is 430 g/mol. The van der Waals surface area contributed by atoms with Crippen LogP contribution in [0, 0.1) is 0 Å². The van der Waals surface area contributed by atoms with Crippen LogP contribution >= 0.6 is 11.8 Å². The van der Waals surface area contributed by atoms with Gasteiger partial charge < -0.3 is 4.90 Å². The topological polar surface area (TPSA) is 57.7 Å². The summed E-state index contributed by atoms with van der Waals surface area (Å²) in [6.45, 7) is 1.91. The van der Waals surface area contributed by atoms with E-state index in [1.165, 1.54) is 16.1 Å². The molecule has 154 valence electrons. The first-order valence-corrected chi connectivity index (χ1v) is 12.8. The summed E-state index contributed by atoms with van der Waals surface area (Å²) in [6.07, 6.45) is 6.91. The Morgan fingerprint density at radius 1 is 0.966 bits per heavy atom. The van der Waals surface area contributed by atoms with Crippen molar-refractivity contribution in [2.75, 3.05) is 30.2 Å². The number of carbonyl (C=O) groups is 1. The molecule has 2 aromatic rings. The SMILES string of the molecule is CSc1ccc(S(=O)(=O)N2CCc3ccccc32)cc1C(=O)N1CCCCCC1. The predicted octanol–water partition coefficient (Wildman–Crippen LogP) is 4.18. The summed E-state index contributed by atoms with van der Waals surface area (Å²) in [5.74, 6) is -0.0601. The molecule has 0 saturated carbocycles. The fourth-order valence-electron chi connectivity index (χ4n) is 4.14. The Morgan fingerprint density at radius 2 is 1.69 bits per heavy atom. The van der Waals surface area contributed by atoms with Gasteiger partial charge >= 0.3 is 0 Å². The molecule has 1 fully saturated rings. The fraction of sp³-hybridized carbons (Fsp3) is 0.409. The van der Waals surface area contributed by atoms with E-state index in [1.54, 1.807) is 18.2 Å². The average molecular weight is 431 g/mol. The maximum absolute atomic E-state index is 13.4. The molecule has 5 nitrogen and oxygen atoms in total. The van der Waals surface area contributed by atoms with Gasteiger partial charge in [-0.05, 0) is 55.3 Å². The summed E-state index contributed by atoms with van der Waals surface area (Å²) < 4.78 is 28.3. The van der Waals surface area contributed by atoms with Crippen molar-refractivity contribution in [3.63, 3.8) is 0 Å². The molecule has 0 N–H and O–H groups in total. The zero-order valence-electron chi connectivity index (χ0n) is 16.6. The largest absolute Gasteiger partial charge is 0.339 e. The smallest absolute Gasteiger partial charge is 0.264 e. The zero-order valence-corrected chi connectivity index (χ0v) is 18.3. The summed E-state index contributed by atoms with van der Waals surface area (Å²) in [6, 6.07) is 12.6. The Hall–Kier alpha value is -1.99. The van der Waals surface area contributed by atoms with Crippen LogP contribution in [-0.2, 0) is 16.4 Å². The number of benzene rings is 2. The lowest BCUT2D eigenvalue weighted by atomic mass is 10.2. The Balaban J connectivity index is 1.70. The number of amides is 1. The fourth-order valence-corrected chi connectivity index (χ4v) is 6.24. The van der Waals surface area contributed by atoms with Gasteiger partial charge in [0, 0.05) is 24.5 Å². The summed E-state index contributed by atoms with van der Waals surface area (Å²) >= 11 is 1.48. The van der Waals surface area contributed by atoms with Crippen LogP contribution in [0.1, 0.15) is 41.6 Å². The third kappa shape index (κ3) is 3.90. The number of carbonyl (C=O) groups excluding carboxylic acids is 1. The standard InChI is InChI=1S/C22H26N2O3S2/c1-28-21-11-10-18(16-19(21)22(25)23-13-6-2-3-7-14-23)29(26,27)24-15-12-17-8-4-5-9-20(17)24/h4-5,8-11,16H,2-3,6-7,12-15H2,1H3. The third-order valence-electron chi connectivity index (χ3n) is 5.73. The molecule has 0 spiro atoms. The average Bonchev–Trinajstić information content (AvgIpc) is 3.00. The number of anilines is 1. The molecule has 0 atom stereocenters. The van der Waals surface area contributed by atoms with E-state index in [9.17, 15) is 13.2 Å². The molecule has 4 rings (SSSR count). The van der Waals surface area contributed by atoms with Crippen LogP contribution in [-0.4, -0.2) is 45.1 Å². The zero-order chi connectivity index (χ0) is 20.4. The van der Waals surface area contributed by atoms with Crippen LogP contribution in [0.5, 0.6) is 0 Å². The Morgan fingerprint density at radius 3 is 2.41 bits per heavy atom. The van der Waals surface area contributed by atoms with Crippen molar-refractivity contribution in [3.8, 4) is 0 Å². The lowest BCUT2D eigenvalue weighted by Gasteiger charge is -2.23. The van der Waals surface area contributed by atoms with Crippen molar-refractivity contribution in [3.05, 3.63) is 53.6 Å². The molecular weight excluding hydrogens is 404 g/mol. The van der Waals surface area contributed by atoms with E-state index < -0.39 is 10.0 Å². The van der Waals surface area contributed by atoms with Crippen molar-refractivity contribution in [1.29, 1.82) is 0 Å². The number of hydrogen-bond donors (Lipinski definition) is 0. The van der Waals surface area contributed by atoms with Crippen molar-refractivity contribution >= 4 is 33.4 Å². The molecule has 29 heavy (non-hydrogen) atoms. The van der Waals surface area contributed by atoms with Gasteiger partial charge in [0.05, 0.1) is 16.1 Å². The van der Waals surface area contributed by atoms with E-state index in [0.29, 0.717) is 18.5 Å². The van der Waals surface area contributed by atoms with Crippen molar-refractivity contribution < 1.29 is 13.2 Å². The van der Waals surface area contributed by atoms with Gasteiger partial charge in [0.25, 0.3) is 15.9 Å². The van der Waals surface area contributed by atoms with E-state index in [0.717, 1.165) is 54.9 Å². The van der Waals surface area contributed by atoms with E-state index in [2.05, 4.69) is 0 Å². The highest BCUT2D eigenvalue weighted by Crippen LogP contribution is 2.34. The van der Waals surface area contributed by atoms with E-state index in [1.807, 2.05) is 35.4 Å². The second-order valence-corrected chi connectivity index (χ2v) is 10.2. The molecular formula is C22H26N2O3S2. The maximum atomic E-state index is 13.4. The molecule has 0 aliphatic carbocycles. The van der Waals surface area contributed by atoms with Crippen molar-refractivity contribution in [2.45, 2.75) is 41.9 Å². The summed E-state index contributed by atoms with van der Waals surface area (Å²) in [5, 5.41) is 0. The second kappa shape index (κ2) is 8.40. The number of likely N-dealkylation sites (tertiary alicyclic amines) is 1. The number of para-hydroxylation sites is 1. The van der Waals surface area contributed by atoms with Gasteiger partial charge in [0.1, 0.15) is 0 Å². The van der Waals surface area contributed by atoms with Crippen LogP contribution in [0.2, 0.25) is 0 Å². The van der Waals surface area contributed by atoms with E-state index in [4.69, 9.17) is 0 Å². The van der Waals surface area contributed by atoms with Gasteiger partial charge in [-0.1, -0.05) is 31.0 Å². The minimum atomic E-state index is -3.72. The maximum Gasteiger partial charge on any atom is 0.264 e. The van der Waals surface area contributed by atoms with Gasteiger partial charge in [0.15, 0.2) is 0 Å². The molecule has 2 aliphatic rings. The summed E-state index contributed by atoms with van der Waals surface area (Å²) in [4.78, 5) is 16.1.